The van der Waals surface area contributed by atoms with Crippen molar-refractivity contribution in [1.82, 2.24) is 0 Å². The SMILES string of the molecule is CCC(O)(CC(=O)C(C(=O)O)C(C)C)c1ccccc1. The van der Waals surface area contributed by atoms with E-state index in [1.165, 1.54) is 0 Å². The minimum absolute atomic E-state index is 0.178. The van der Waals surface area contributed by atoms with Crippen LogP contribution in [0.3, 0.4) is 0 Å². The molecule has 0 bridgehead atoms. The highest BCUT2D eigenvalue weighted by Gasteiger charge is 2.36. The normalized spacial score (nSPS) is 15.7. The Morgan fingerprint density at radius 3 is 2.15 bits per heavy atom. The number of carboxylic acids is 1. The Morgan fingerprint density at radius 2 is 1.75 bits per heavy atom. The van der Waals surface area contributed by atoms with Gasteiger partial charge in [-0.05, 0) is 17.9 Å². The second kappa shape index (κ2) is 6.66. The van der Waals surface area contributed by atoms with Crippen molar-refractivity contribution in [3.8, 4) is 0 Å². The first kappa shape index (κ1) is 16.4. The summed E-state index contributed by atoms with van der Waals surface area (Å²) in [6.07, 6.45) is 0.176. The maximum atomic E-state index is 12.2. The van der Waals surface area contributed by atoms with Gasteiger partial charge in [0.05, 0.1) is 5.60 Å². The van der Waals surface area contributed by atoms with Crippen molar-refractivity contribution in [2.45, 2.75) is 39.2 Å². The molecular weight excluding hydrogens is 256 g/mol. The summed E-state index contributed by atoms with van der Waals surface area (Å²) in [5.74, 6) is -2.93. The number of aliphatic hydroxyl groups is 1. The van der Waals surface area contributed by atoms with E-state index in [1.54, 1.807) is 45.0 Å². The average molecular weight is 278 g/mol. The van der Waals surface area contributed by atoms with E-state index in [0.717, 1.165) is 0 Å². The summed E-state index contributed by atoms with van der Waals surface area (Å²) in [7, 11) is 0. The predicted molar refractivity (Wildman–Crippen MR) is 76.2 cm³/mol. The highest BCUT2D eigenvalue weighted by molar-refractivity contribution is 5.98. The fourth-order valence-corrected chi connectivity index (χ4v) is 2.37. The van der Waals surface area contributed by atoms with Crippen LogP contribution in [0.5, 0.6) is 0 Å². The van der Waals surface area contributed by atoms with E-state index in [1.807, 2.05) is 6.07 Å². The van der Waals surface area contributed by atoms with Crippen LogP contribution in [-0.4, -0.2) is 22.0 Å². The molecule has 1 aromatic carbocycles. The number of Topliss-reactive ketones (excluding diaryl/α,β-unsaturated/α-hetero) is 1. The van der Waals surface area contributed by atoms with Gasteiger partial charge in [-0.3, -0.25) is 9.59 Å². The summed E-state index contributed by atoms with van der Waals surface area (Å²) in [4.78, 5) is 23.4. The van der Waals surface area contributed by atoms with Crippen molar-refractivity contribution >= 4 is 11.8 Å². The molecule has 0 radical (unpaired) electrons. The number of hydrogen-bond acceptors (Lipinski definition) is 3. The molecule has 4 nitrogen and oxygen atoms in total. The third-order valence-electron chi connectivity index (χ3n) is 3.64. The lowest BCUT2D eigenvalue weighted by molar-refractivity contribution is -0.149. The smallest absolute Gasteiger partial charge is 0.314 e. The van der Waals surface area contributed by atoms with E-state index >= 15 is 0 Å². The van der Waals surface area contributed by atoms with Crippen LogP contribution in [-0.2, 0) is 15.2 Å². The van der Waals surface area contributed by atoms with E-state index in [-0.39, 0.29) is 12.3 Å². The number of rotatable bonds is 7. The lowest BCUT2D eigenvalue weighted by Gasteiger charge is -2.28. The van der Waals surface area contributed by atoms with Crippen molar-refractivity contribution < 1.29 is 19.8 Å². The van der Waals surface area contributed by atoms with Gasteiger partial charge in [-0.25, -0.2) is 0 Å². The van der Waals surface area contributed by atoms with Gasteiger partial charge in [0.15, 0.2) is 5.78 Å². The van der Waals surface area contributed by atoms with Gasteiger partial charge < -0.3 is 10.2 Å². The number of carbonyl (C=O) groups excluding carboxylic acids is 1. The van der Waals surface area contributed by atoms with Crippen molar-refractivity contribution in [3.63, 3.8) is 0 Å². The Hall–Kier alpha value is -1.68. The second-order valence-corrected chi connectivity index (χ2v) is 5.45. The highest BCUT2D eigenvalue weighted by atomic mass is 16.4. The standard InChI is InChI=1S/C16H22O4/c1-4-16(20,12-8-6-5-7-9-12)10-13(17)14(11(2)3)15(18)19/h5-9,11,14,20H,4,10H2,1-3H3,(H,18,19). The van der Waals surface area contributed by atoms with Crippen molar-refractivity contribution in [2.24, 2.45) is 11.8 Å². The van der Waals surface area contributed by atoms with Gasteiger partial charge in [0, 0.05) is 6.42 Å². The molecule has 0 aliphatic rings. The molecule has 110 valence electrons. The zero-order chi connectivity index (χ0) is 15.3. The molecule has 0 spiro atoms. The molecule has 0 amide bonds. The Kier molecular flexibility index (Phi) is 5.45. The van der Waals surface area contributed by atoms with Crippen LogP contribution < -0.4 is 0 Å². The van der Waals surface area contributed by atoms with Crippen molar-refractivity contribution in [2.75, 3.05) is 0 Å². The topological polar surface area (TPSA) is 74.6 Å². The highest BCUT2D eigenvalue weighted by Crippen LogP contribution is 2.31. The fraction of sp³-hybridized carbons (Fsp3) is 0.500. The van der Waals surface area contributed by atoms with E-state index in [4.69, 9.17) is 5.11 Å². The zero-order valence-corrected chi connectivity index (χ0v) is 12.2. The minimum Gasteiger partial charge on any atom is -0.481 e. The first-order chi connectivity index (χ1) is 9.31. The van der Waals surface area contributed by atoms with E-state index in [2.05, 4.69) is 0 Å². The van der Waals surface area contributed by atoms with Crippen LogP contribution in [0.25, 0.3) is 0 Å². The Bertz CT molecular complexity index is 467. The molecule has 0 saturated heterocycles. The minimum atomic E-state index is -1.30. The molecule has 0 saturated carbocycles. The Morgan fingerprint density at radius 1 is 1.20 bits per heavy atom. The molecule has 0 fully saturated rings. The van der Waals surface area contributed by atoms with Crippen molar-refractivity contribution in [3.05, 3.63) is 35.9 Å². The molecule has 1 aromatic rings. The number of carboxylic acid groups (broad SMARTS) is 1. The van der Waals surface area contributed by atoms with Crippen LogP contribution in [0.2, 0.25) is 0 Å². The van der Waals surface area contributed by atoms with Gasteiger partial charge >= 0.3 is 5.97 Å². The van der Waals surface area contributed by atoms with Crippen LogP contribution in [0.15, 0.2) is 30.3 Å². The monoisotopic (exact) mass is 278 g/mol. The summed E-state index contributed by atoms with van der Waals surface area (Å²) in [6, 6.07) is 8.91. The number of ketones is 1. The predicted octanol–water partition coefficient (Wildman–Crippen LogP) is 2.60. The van der Waals surface area contributed by atoms with E-state index in [0.29, 0.717) is 12.0 Å². The Balaban J connectivity index is 2.98. The third kappa shape index (κ3) is 3.67. The lowest BCUT2D eigenvalue weighted by atomic mass is 9.80. The molecule has 0 heterocycles. The zero-order valence-electron chi connectivity index (χ0n) is 12.2. The van der Waals surface area contributed by atoms with Crippen LogP contribution >= 0.6 is 0 Å². The fourth-order valence-electron chi connectivity index (χ4n) is 2.37. The van der Waals surface area contributed by atoms with Crippen LogP contribution in [0, 0.1) is 11.8 Å². The average Bonchev–Trinajstić information content (AvgIpc) is 2.38. The molecule has 1 rings (SSSR count). The number of carbonyl (C=O) groups is 2. The third-order valence-corrected chi connectivity index (χ3v) is 3.64. The summed E-state index contributed by atoms with van der Waals surface area (Å²) in [5, 5.41) is 19.8. The largest absolute Gasteiger partial charge is 0.481 e. The molecule has 2 atom stereocenters. The molecule has 0 aliphatic heterocycles. The molecule has 0 aromatic heterocycles. The van der Waals surface area contributed by atoms with E-state index < -0.39 is 23.3 Å². The summed E-state index contributed by atoms with van der Waals surface area (Å²) >= 11 is 0. The first-order valence-electron chi connectivity index (χ1n) is 6.85. The quantitative estimate of drug-likeness (QED) is 0.752. The first-order valence-corrected chi connectivity index (χ1v) is 6.85. The van der Waals surface area contributed by atoms with Crippen molar-refractivity contribution in [1.29, 1.82) is 0 Å². The van der Waals surface area contributed by atoms with Gasteiger partial charge in [0.25, 0.3) is 0 Å². The summed E-state index contributed by atoms with van der Waals surface area (Å²) < 4.78 is 0. The van der Waals surface area contributed by atoms with E-state index in [9.17, 15) is 14.7 Å². The van der Waals surface area contributed by atoms with Crippen LogP contribution in [0.1, 0.15) is 39.2 Å². The molecule has 20 heavy (non-hydrogen) atoms. The second-order valence-electron chi connectivity index (χ2n) is 5.45. The number of benzene rings is 1. The summed E-state index contributed by atoms with van der Waals surface area (Å²) in [6.45, 7) is 5.18. The van der Waals surface area contributed by atoms with Crippen LogP contribution in [0.4, 0.5) is 0 Å². The molecule has 0 aliphatic carbocycles. The molecule has 2 N–H and O–H groups in total. The van der Waals surface area contributed by atoms with Gasteiger partial charge in [-0.2, -0.15) is 0 Å². The molecule has 4 heteroatoms. The maximum Gasteiger partial charge on any atom is 0.314 e. The Labute approximate surface area is 119 Å². The number of hydrogen-bond donors (Lipinski definition) is 2. The lowest BCUT2D eigenvalue weighted by Crippen LogP contribution is -2.36. The maximum absolute atomic E-state index is 12.2. The number of aliphatic carboxylic acids is 1. The summed E-state index contributed by atoms with van der Waals surface area (Å²) in [5.41, 5.74) is -0.662. The van der Waals surface area contributed by atoms with Gasteiger partial charge in [0.1, 0.15) is 5.92 Å². The molecule has 2 unspecified atom stereocenters. The molecular formula is C16H22O4. The van der Waals surface area contributed by atoms with Gasteiger partial charge in [0.2, 0.25) is 0 Å². The van der Waals surface area contributed by atoms with Gasteiger partial charge in [-0.15, -0.1) is 0 Å². The van der Waals surface area contributed by atoms with Gasteiger partial charge in [-0.1, -0.05) is 51.1 Å².